The minimum absolute atomic E-state index is 0.0682. The topological polar surface area (TPSA) is 86.3 Å². The smallest absolute Gasteiger partial charge is 0.274 e. The zero-order chi connectivity index (χ0) is 19.7. The van der Waals surface area contributed by atoms with Crippen LogP contribution in [0.15, 0.2) is 34.9 Å². The van der Waals surface area contributed by atoms with Gasteiger partial charge in [0.1, 0.15) is 11.6 Å². The van der Waals surface area contributed by atoms with Gasteiger partial charge in [-0.2, -0.15) is 10.1 Å². The number of ether oxygens (including phenoxy) is 1. The van der Waals surface area contributed by atoms with E-state index in [1.807, 2.05) is 6.92 Å². The molecule has 1 unspecified atom stereocenters. The number of hydrogen-bond acceptors (Lipinski definition) is 6. The van der Waals surface area contributed by atoms with E-state index in [4.69, 9.17) is 9.26 Å². The molecule has 0 radical (unpaired) electrons. The fraction of sp³-hybridized carbons (Fsp3) is 0.368. The van der Waals surface area contributed by atoms with Gasteiger partial charge in [-0.3, -0.25) is 9.48 Å². The molecule has 2 aromatic heterocycles. The van der Waals surface area contributed by atoms with Gasteiger partial charge in [0.15, 0.2) is 18.1 Å². The lowest BCUT2D eigenvalue weighted by Gasteiger charge is -2.21. The van der Waals surface area contributed by atoms with Gasteiger partial charge in [0.2, 0.25) is 0 Å². The first-order chi connectivity index (χ1) is 13.5. The Kier molecular flexibility index (Phi) is 4.81. The highest BCUT2D eigenvalue weighted by atomic mass is 19.1. The van der Waals surface area contributed by atoms with Crippen LogP contribution < -0.4 is 4.74 Å². The number of halogens is 1. The van der Waals surface area contributed by atoms with E-state index in [2.05, 4.69) is 15.2 Å². The summed E-state index contributed by atoms with van der Waals surface area (Å²) in [5.41, 5.74) is 1.33. The van der Waals surface area contributed by atoms with Crippen molar-refractivity contribution < 1.29 is 18.4 Å². The van der Waals surface area contributed by atoms with Crippen LogP contribution >= 0.6 is 0 Å². The van der Waals surface area contributed by atoms with Crippen molar-refractivity contribution in [1.82, 2.24) is 24.8 Å². The fourth-order valence-corrected chi connectivity index (χ4v) is 3.23. The number of benzene rings is 1. The minimum atomic E-state index is -0.332. The Bertz CT molecular complexity index is 962. The molecule has 1 amide bonds. The Morgan fingerprint density at radius 2 is 2.14 bits per heavy atom. The van der Waals surface area contributed by atoms with E-state index in [1.165, 1.54) is 24.3 Å². The van der Waals surface area contributed by atoms with Crippen molar-refractivity contribution in [2.75, 3.05) is 6.54 Å². The predicted octanol–water partition coefficient (Wildman–Crippen LogP) is 2.81. The van der Waals surface area contributed by atoms with Crippen molar-refractivity contribution in [2.45, 2.75) is 32.4 Å². The number of aryl methyl sites for hydroxylation is 2. The molecule has 146 valence electrons. The largest absolute Gasteiger partial charge is 0.484 e. The third kappa shape index (κ3) is 3.60. The highest BCUT2D eigenvalue weighted by Crippen LogP contribution is 2.31. The van der Waals surface area contributed by atoms with E-state index in [9.17, 15) is 9.18 Å². The van der Waals surface area contributed by atoms with E-state index < -0.39 is 0 Å². The molecular formula is C19H20FN5O3. The van der Waals surface area contributed by atoms with Crippen LogP contribution in [-0.2, 0) is 13.7 Å². The molecule has 1 aliphatic rings. The van der Waals surface area contributed by atoms with Gasteiger partial charge < -0.3 is 14.2 Å². The zero-order valence-corrected chi connectivity index (χ0v) is 15.6. The molecule has 3 aromatic rings. The van der Waals surface area contributed by atoms with Crippen molar-refractivity contribution in [3.63, 3.8) is 0 Å². The number of nitrogens with zero attached hydrogens (tertiary/aromatic N) is 5. The van der Waals surface area contributed by atoms with Gasteiger partial charge in [-0.1, -0.05) is 5.16 Å². The maximum absolute atomic E-state index is 12.9. The monoisotopic (exact) mass is 385 g/mol. The Morgan fingerprint density at radius 3 is 2.86 bits per heavy atom. The van der Waals surface area contributed by atoms with Crippen molar-refractivity contribution >= 4 is 5.91 Å². The molecule has 8 nitrogen and oxygen atoms in total. The molecule has 1 fully saturated rings. The molecule has 0 N–H and O–H groups in total. The SMILES string of the molecule is Cc1cc(C(=O)N2CCCC2c2noc(COc3ccc(F)cc3)n2)nn1C. The first kappa shape index (κ1) is 18.1. The average Bonchev–Trinajstić information content (AvgIpc) is 3.41. The van der Waals surface area contributed by atoms with Gasteiger partial charge in [0, 0.05) is 19.3 Å². The first-order valence-corrected chi connectivity index (χ1v) is 9.04. The Morgan fingerprint density at radius 1 is 1.36 bits per heavy atom. The molecule has 1 aliphatic heterocycles. The maximum atomic E-state index is 12.9. The predicted molar refractivity (Wildman–Crippen MR) is 96.0 cm³/mol. The molecule has 1 atom stereocenters. The van der Waals surface area contributed by atoms with Crippen LogP contribution in [0.2, 0.25) is 0 Å². The molecular weight excluding hydrogens is 365 g/mol. The highest BCUT2D eigenvalue weighted by molar-refractivity contribution is 5.92. The minimum Gasteiger partial charge on any atom is -0.484 e. The fourth-order valence-electron chi connectivity index (χ4n) is 3.23. The van der Waals surface area contributed by atoms with E-state index in [1.54, 1.807) is 22.7 Å². The van der Waals surface area contributed by atoms with Crippen LogP contribution in [-0.4, -0.2) is 37.3 Å². The summed E-state index contributed by atoms with van der Waals surface area (Å²) in [4.78, 5) is 19.0. The second kappa shape index (κ2) is 7.41. The van der Waals surface area contributed by atoms with Crippen LogP contribution in [0, 0.1) is 12.7 Å². The summed E-state index contributed by atoms with van der Waals surface area (Å²) in [7, 11) is 1.81. The summed E-state index contributed by atoms with van der Waals surface area (Å²) in [6, 6.07) is 7.21. The first-order valence-electron chi connectivity index (χ1n) is 9.04. The van der Waals surface area contributed by atoms with Gasteiger partial charge in [-0.05, 0) is 50.1 Å². The van der Waals surface area contributed by atoms with E-state index >= 15 is 0 Å². The number of hydrogen-bond donors (Lipinski definition) is 0. The Hall–Kier alpha value is -3.23. The summed E-state index contributed by atoms with van der Waals surface area (Å²) in [6.07, 6.45) is 1.62. The van der Waals surface area contributed by atoms with Crippen LogP contribution in [0.3, 0.4) is 0 Å². The third-order valence-electron chi connectivity index (χ3n) is 4.80. The molecule has 1 aromatic carbocycles. The summed E-state index contributed by atoms with van der Waals surface area (Å²) in [6.45, 7) is 2.59. The molecule has 3 heterocycles. The molecule has 28 heavy (non-hydrogen) atoms. The van der Waals surface area contributed by atoms with Crippen LogP contribution in [0.1, 0.15) is 46.8 Å². The molecule has 9 heteroatoms. The van der Waals surface area contributed by atoms with Crippen molar-refractivity contribution in [1.29, 1.82) is 0 Å². The quantitative estimate of drug-likeness (QED) is 0.671. The number of rotatable bonds is 5. The van der Waals surface area contributed by atoms with Crippen LogP contribution in [0.4, 0.5) is 4.39 Å². The molecule has 0 saturated carbocycles. The zero-order valence-electron chi connectivity index (χ0n) is 15.6. The Labute approximate surface area is 160 Å². The third-order valence-corrected chi connectivity index (χ3v) is 4.80. The standard InChI is InChI=1S/C19H20FN5O3/c1-12-10-15(22-24(12)2)19(26)25-9-3-4-16(25)18-21-17(28-23-18)11-27-14-7-5-13(20)6-8-14/h5-8,10,16H,3-4,9,11H2,1-2H3. The molecule has 1 saturated heterocycles. The lowest BCUT2D eigenvalue weighted by atomic mass is 10.2. The molecule has 0 spiro atoms. The van der Waals surface area contributed by atoms with Gasteiger partial charge in [0.05, 0.1) is 6.04 Å². The summed E-state index contributed by atoms with van der Waals surface area (Å²) in [5, 5.41) is 8.30. The number of carbonyl (C=O) groups is 1. The van der Waals surface area contributed by atoms with Gasteiger partial charge in [0.25, 0.3) is 11.8 Å². The maximum Gasteiger partial charge on any atom is 0.274 e. The number of likely N-dealkylation sites (tertiary alicyclic amines) is 1. The number of amides is 1. The van der Waals surface area contributed by atoms with Crippen LogP contribution in [0.25, 0.3) is 0 Å². The summed E-state index contributed by atoms with van der Waals surface area (Å²) >= 11 is 0. The number of carbonyl (C=O) groups excluding carboxylic acids is 1. The Balaban J connectivity index is 1.44. The van der Waals surface area contributed by atoms with Crippen LogP contribution in [0.5, 0.6) is 5.75 Å². The average molecular weight is 385 g/mol. The second-order valence-electron chi connectivity index (χ2n) is 6.74. The van der Waals surface area contributed by atoms with E-state index in [-0.39, 0.29) is 24.4 Å². The van der Waals surface area contributed by atoms with Gasteiger partial charge in [-0.15, -0.1) is 0 Å². The summed E-state index contributed by atoms with van der Waals surface area (Å²) < 4.78 is 25.4. The lowest BCUT2D eigenvalue weighted by Crippen LogP contribution is -2.31. The van der Waals surface area contributed by atoms with Gasteiger partial charge >= 0.3 is 0 Å². The van der Waals surface area contributed by atoms with E-state index in [0.29, 0.717) is 29.7 Å². The van der Waals surface area contributed by atoms with Gasteiger partial charge in [-0.25, -0.2) is 4.39 Å². The lowest BCUT2D eigenvalue weighted by molar-refractivity contribution is 0.0721. The summed E-state index contributed by atoms with van der Waals surface area (Å²) in [5.74, 6) is 0.787. The molecule has 4 rings (SSSR count). The molecule has 0 aliphatic carbocycles. The normalized spacial score (nSPS) is 16.5. The second-order valence-corrected chi connectivity index (χ2v) is 6.74. The molecule has 0 bridgehead atoms. The van der Waals surface area contributed by atoms with E-state index in [0.717, 1.165) is 18.5 Å². The van der Waals surface area contributed by atoms with Crippen molar-refractivity contribution in [3.8, 4) is 5.75 Å². The van der Waals surface area contributed by atoms with Crippen molar-refractivity contribution in [2.24, 2.45) is 7.05 Å². The number of aromatic nitrogens is 4. The van der Waals surface area contributed by atoms with Crippen molar-refractivity contribution in [3.05, 3.63) is 59.3 Å². The highest BCUT2D eigenvalue weighted by Gasteiger charge is 2.35.